The van der Waals surface area contributed by atoms with Crippen LogP contribution in [0.4, 0.5) is 16.4 Å². The standard InChI is InChI=1S/C20H27ClN8O3/c1-5-29-10-12(9-22-29)23-18-24-16-14(15(21)26-27-16)17(25-18)31-13-7-6-8-28(11-13)19(30)32-20(2,3)4/h9-10,13H,5-8,11H2,1-4H3,(H2,23,24,25,26,27)/t13-/m1/s1. The molecule has 32 heavy (non-hydrogen) atoms. The van der Waals surface area contributed by atoms with Crippen molar-refractivity contribution in [2.24, 2.45) is 0 Å². The Hall–Kier alpha value is -3.08. The Morgan fingerprint density at radius 1 is 1.38 bits per heavy atom. The van der Waals surface area contributed by atoms with Gasteiger partial charge in [-0.3, -0.25) is 9.78 Å². The van der Waals surface area contributed by atoms with Crippen LogP contribution in [0, 0.1) is 0 Å². The van der Waals surface area contributed by atoms with E-state index in [-0.39, 0.29) is 12.2 Å². The Kier molecular flexibility index (Phi) is 6.09. The van der Waals surface area contributed by atoms with Gasteiger partial charge in [0.25, 0.3) is 0 Å². The molecule has 3 aromatic rings. The highest BCUT2D eigenvalue weighted by atomic mass is 35.5. The van der Waals surface area contributed by atoms with Crippen molar-refractivity contribution in [1.82, 2.24) is 34.8 Å². The first-order valence-corrected chi connectivity index (χ1v) is 11.0. The minimum atomic E-state index is -0.555. The second-order valence-corrected chi connectivity index (χ2v) is 8.98. The number of hydrogen-bond donors (Lipinski definition) is 2. The SMILES string of the molecule is CCn1cc(Nc2nc(O[C@@H]3CCCN(C(=O)OC(C)(C)C)C3)c3c(Cl)[nH]nc3n2)cn1. The molecule has 1 atom stereocenters. The summed E-state index contributed by atoms with van der Waals surface area (Å²) in [6.07, 6.45) is 4.48. The summed E-state index contributed by atoms with van der Waals surface area (Å²) in [5.41, 5.74) is 0.568. The second-order valence-electron chi connectivity index (χ2n) is 8.61. The van der Waals surface area contributed by atoms with Crippen LogP contribution >= 0.6 is 11.6 Å². The maximum Gasteiger partial charge on any atom is 0.410 e. The number of nitrogens with zero attached hydrogens (tertiary/aromatic N) is 6. The van der Waals surface area contributed by atoms with E-state index in [0.717, 1.165) is 25.1 Å². The Morgan fingerprint density at radius 2 is 2.19 bits per heavy atom. The Morgan fingerprint density at radius 3 is 2.91 bits per heavy atom. The van der Waals surface area contributed by atoms with E-state index in [4.69, 9.17) is 21.1 Å². The number of carbonyl (C=O) groups is 1. The summed E-state index contributed by atoms with van der Waals surface area (Å²) in [6.45, 7) is 9.30. The van der Waals surface area contributed by atoms with Crippen molar-refractivity contribution in [2.75, 3.05) is 18.4 Å². The van der Waals surface area contributed by atoms with Gasteiger partial charge in [0.2, 0.25) is 11.8 Å². The van der Waals surface area contributed by atoms with E-state index in [2.05, 4.69) is 30.6 Å². The molecule has 3 aromatic heterocycles. The Labute approximate surface area is 190 Å². The number of aryl methyl sites for hydroxylation is 1. The average Bonchev–Trinajstić information content (AvgIpc) is 3.33. The minimum Gasteiger partial charge on any atom is -0.472 e. The first-order valence-electron chi connectivity index (χ1n) is 10.6. The van der Waals surface area contributed by atoms with E-state index in [9.17, 15) is 4.79 Å². The molecule has 0 radical (unpaired) electrons. The Balaban J connectivity index is 1.55. The molecular weight excluding hydrogens is 436 g/mol. The zero-order valence-electron chi connectivity index (χ0n) is 18.6. The van der Waals surface area contributed by atoms with Crippen molar-refractivity contribution in [3.63, 3.8) is 0 Å². The lowest BCUT2D eigenvalue weighted by Crippen LogP contribution is -2.46. The normalized spacial score (nSPS) is 16.9. The summed E-state index contributed by atoms with van der Waals surface area (Å²) >= 11 is 6.29. The number of carbonyl (C=O) groups excluding carboxylic acids is 1. The number of aromatic amines is 1. The molecule has 2 N–H and O–H groups in total. The van der Waals surface area contributed by atoms with E-state index in [1.807, 2.05) is 33.9 Å². The highest BCUT2D eigenvalue weighted by molar-refractivity contribution is 6.34. The molecule has 0 aliphatic carbocycles. The van der Waals surface area contributed by atoms with E-state index < -0.39 is 5.60 Å². The fourth-order valence-corrected chi connectivity index (χ4v) is 3.62. The second kappa shape index (κ2) is 8.81. The maximum absolute atomic E-state index is 12.5. The van der Waals surface area contributed by atoms with Crippen LogP contribution in [0.1, 0.15) is 40.5 Å². The fourth-order valence-electron chi connectivity index (χ4n) is 3.42. The lowest BCUT2D eigenvalue weighted by Gasteiger charge is -2.34. The largest absolute Gasteiger partial charge is 0.472 e. The lowest BCUT2D eigenvalue weighted by molar-refractivity contribution is 0.00743. The first kappa shape index (κ1) is 22.1. The molecule has 0 saturated carbocycles. The van der Waals surface area contributed by atoms with Crippen molar-refractivity contribution in [3.05, 3.63) is 17.5 Å². The summed E-state index contributed by atoms with van der Waals surface area (Å²) in [5.74, 6) is 0.612. The van der Waals surface area contributed by atoms with Gasteiger partial charge in [-0.25, -0.2) is 4.79 Å². The topological polar surface area (TPSA) is 123 Å². The third-order valence-corrected chi connectivity index (χ3v) is 5.13. The predicted molar refractivity (Wildman–Crippen MR) is 119 cm³/mol. The molecule has 1 aliphatic heterocycles. The molecule has 4 rings (SSSR count). The molecule has 0 bridgehead atoms. The molecule has 12 heteroatoms. The number of fused-ring (bicyclic) bond motifs is 1. The fraction of sp³-hybridized carbons (Fsp3) is 0.550. The maximum atomic E-state index is 12.5. The molecule has 11 nitrogen and oxygen atoms in total. The van der Waals surface area contributed by atoms with Gasteiger partial charge in [0.05, 0.1) is 18.4 Å². The summed E-state index contributed by atoms with van der Waals surface area (Å²) in [4.78, 5) is 23.1. The van der Waals surface area contributed by atoms with Crippen LogP contribution in [0.15, 0.2) is 12.4 Å². The molecule has 172 valence electrons. The summed E-state index contributed by atoms with van der Waals surface area (Å²) in [5, 5.41) is 15.0. The highest BCUT2D eigenvalue weighted by Crippen LogP contribution is 2.31. The number of halogens is 1. The van der Waals surface area contributed by atoms with Gasteiger partial charge in [-0.15, -0.1) is 0 Å². The first-order chi connectivity index (χ1) is 15.2. The van der Waals surface area contributed by atoms with Crippen molar-refractivity contribution >= 4 is 40.4 Å². The van der Waals surface area contributed by atoms with Gasteiger partial charge < -0.3 is 19.7 Å². The van der Waals surface area contributed by atoms with E-state index in [0.29, 0.717) is 41.1 Å². The number of likely N-dealkylation sites (tertiary alicyclic amines) is 1. The molecule has 1 amide bonds. The van der Waals surface area contributed by atoms with Gasteiger partial charge in [0.1, 0.15) is 22.2 Å². The van der Waals surface area contributed by atoms with Gasteiger partial charge in [0, 0.05) is 19.3 Å². The quantitative estimate of drug-likeness (QED) is 0.587. The monoisotopic (exact) mass is 462 g/mol. The van der Waals surface area contributed by atoms with Crippen molar-refractivity contribution < 1.29 is 14.3 Å². The average molecular weight is 463 g/mol. The number of piperidine rings is 1. The number of H-pyrrole nitrogens is 1. The molecule has 0 spiro atoms. The molecule has 1 fully saturated rings. The molecule has 4 heterocycles. The zero-order valence-corrected chi connectivity index (χ0v) is 19.3. The highest BCUT2D eigenvalue weighted by Gasteiger charge is 2.30. The summed E-state index contributed by atoms with van der Waals surface area (Å²) in [6, 6.07) is 0. The zero-order chi connectivity index (χ0) is 22.9. The van der Waals surface area contributed by atoms with Crippen LogP contribution in [-0.4, -0.2) is 65.7 Å². The van der Waals surface area contributed by atoms with Crippen LogP contribution in [0.3, 0.4) is 0 Å². The number of rotatable bonds is 5. The molecular formula is C20H27ClN8O3. The van der Waals surface area contributed by atoms with Crippen molar-refractivity contribution in [1.29, 1.82) is 0 Å². The van der Waals surface area contributed by atoms with Gasteiger partial charge in [0.15, 0.2) is 5.65 Å². The van der Waals surface area contributed by atoms with Crippen LogP contribution < -0.4 is 10.1 Å². The Bertz CT molecular complexity index is 1110. The van der Waals surface area contributed by atoms with Gasteiger partial charge in [-0.2, -0.15) is 20.2 Å². The van der Waals surface area contributed by atoms with Crippen LogP contribution in [0.2, 0.25) is 5.15 Å². The number of aromatic nitrogens is 6. The smallest absolute Gasteiger partial charge is 0.410 e. The van der Waals surface area contributed by atoms with Crippen molar-refractivity contribution in [3.8, 4) is 5.88 Å². The van der Waals surface area contributed by atoms with E-state index in [1.54, 1.807) is 15.8 Å². The minimum absolute atomic E-state index is 0.268. The van der Waals surface area contributed by atoms with Crippen molar-refractivity contribution in [2.45, 2.75) is 58.8 Å². The van der Waals surface area contributed by atoms with Crippen LogP contribution in [0.5, 0.6) is 5.88 Å². The number of hydrogen-bond acceptors (Lipinski definition) is 8. The number of anilines is 2. The van der Waals surface area contributed by atoms with Gasteiger partial charge >= 0.3 is 6.09 Å². The summed E-state index contributed by atoms with van der Waals surface area (Å²) in [7, 11) is 0. The molecule has 1 aliphatic rings. The molecule has 0 aromatic carbocycles. The number of ether oxygens (including phenoxy) is 2. The third-order valence-electron chi connectivity index (χ3n) is 4.86. The molecule has 1 saturated heterocycles. The van der Waals surface area contributed by atoms with Crippen LogP contribution in [0.25, 0.3) is 11.0 Å². The number of amides is 1. The molecule has 0 unspecified atom stereocenters. The van der Waals surface area contributed by atoms with E-state index >= 15 is 0 Å². The number of nitrogens with one attached hydrogen (secondary N) is 2. The predicted octanol–water partition coefficient (Wildman–Crippen LogP) is 3.74. The van der Waals surface area contributed by atoms with Gasteiger partial charge in [-0.05, 0) is 40.5 Å². The summed E-state index contributed by atoms with van der Waals surface area (Å²) < 4.78 is 13.5. The van der Waals surface area contributed by atoms with E-state index in [1.165, 1.54) is 0 Å². The third kappa shape index (κ3) is 5.04. The van der Waals surface area contributed by atoms with Crippen LogP contribution in [-0.2, 0) is 11.3 Å². The van der Waals surface area contributed by atoms with Gasteiger partial charge in [-0.1, -0.05) is 11.6 Å². The lowest BCUT2D eigenvalue weighted by atomic mass is 10.1.